The topological polar surface area (TPSA) is 61.8 Å². The van der Waals surface area contributed by atoms with E-state index >= 15 is 0 Å². The molecule has 0 N–H and O–H groups in total. The molecule has 0 saturated carbocycles. The molecule has 0 saturated heterocycles. The van der Waals surface area contributed by atoms with Crippen LogP contribution in [0.25, 0.3) is 0 Å². The van der Waals surface area contributed by atoms with Crippen molar-refractivity contribution in [3.8, 4) is 0 Å². The van der Waals surface area contributed by atoms with Gasteiger partial charge in [0.05, 0.1) is 6.54 Å². The summed E-state index contributed by atoms with van der Waals surface area (Å²) in [5.41, 5.74) is 0.467. The van der Waals surface area contributed by atoms with Gasteiger partial charge in [0.15, 0.2) is 0 Å². The van der Waals surface area contributed by atoms with Gasteiger partial charge in [-0.15, -0.1) is 0 Å². The molecule has 3 heterocycles. The number of carbonyl (C=O) groups excluding carboxylic acids is 1. The van der Waals surface area contributed by atoms with Crippen LogP contribution in [-0.2, 0) is 13.1 Å². The van der Waals surface area contributed by atoms with Crippen molar-refractivity contribution in [3.05, 3.63) is 76.5 Å². The molecule has 0 radical (unpaired) electrons. The Morgan fingerprint density at radius 3 is 2.59 bits per heavy atom. The predicted octanol–water partition coefficient (Wildman–Crippen LogP) is 1.89. The smallest absolute Gasteiger partial charge is 0.335 e. The number of carbonyl (C=O) groups is 1. The van der Waals surface area contributed by atoms with Crippen molar-refractivity contribution in [1.29, 1.82) is 0 Å². The van der Waals surface area contributed by atoms with E-state index < -0.39 is 0 Å². The summed E-state index contributed by atoms with van der Waals surface area (Å²) >= 11 is 5.73. The van der Waals surface area contributed by atoms with Crippen molar-refractivity contribution >= 4 is 17.5 Å². The Morgan fingerprint density at radius 1 is 1.14 bits per heavy atom. The van der Waals surface area contributed by atoms with Crippen molar-refractivity contribution in [3.63, 3.8) is 0 Å². The summed E-state index contributed by atoms with van der Waals surface area (Å²) in [4.78, 5) is 28.4. The van der Waals surface area contributed by atoms with Gasteiger partial charge in [-0.05, 0) is 23.8 Å². The number of nitrogens with zero attached hydrogens (tertiary/aromatic N) is 4. The quantitative estimate of drug-likeness (QED) is 0.691. The van der Waals surface area contributed by atoms with Gasteiger partial charge < -0.3 is 4.57 Å². The molecule has 0 unspecified atom stereocenters. The lowest BCUT2D eigenvalue weighted by molar-refractivity contribution is 0.0886. The third kappa shape index (κ3) is 3.01. The number of pyridine rings is 1. The van der Waals surface area contributed by atoms with Crippen molar-refractivity contribution in [2.75, 3.05) is 0 Å². The minimum Gasteiger partial charge on any atom is -0.345 e. The van der Waals surface area contributed by atoms with Crippen molar-refractivity contribution in [1.82, 2.24) is 18.7 Å². The average molecular weight is 317 g/mol. The van der Waals surface area contributed by atoms with E-state index in [-0.39, 0.29) is 18.1 Å². The Morgan fingerprint density at radius 2 is 1.91 bits per heavy atom. The maximum Gasteiger partial charge on any atom is 0.335 e. The van der Waals surface area contributed by atoms with Crippen molar-refractivity contribution < 1.29 is 4.79 Å². The van der Waals surface area contributed by atoms with E-state index in [1.807, 2.05) is 12.1 Å². The molecule has 0 fully saturated rings. The standard InChI is InChI=1S/C15H13ClN4O2/c16-13-4-3-12(9-17-13)10-19-7-8-20(15(19)22)14(21)11-18-5-1-2-6-18/h1-9H,10-11H2. The fraction of sp³-hybridized carbons (Fsp3) is 0.133. The molecule has 0 spiro atoms. The average Bonchev–Trinajstić information content (AvgIpc) is 3.12. The lowest BCUT2D eigenvalue weighted by atomic mass is 10.3. The summed E-state index contributed by atoms with van der Waals surface area (Å²) in [6.45, 7) is 0.465. The first-order chi connectivity index (χ1) is 10.6. The molecule has 0 aromatic carbocycles. The molecule has 3 aromatic rings. The normalized spacial score (nSPS) is 10.8. The highest BCUT2D eigenvalue weighted by Gasteiger charge is 2.11. The van der Waals surface area contributed by atoms with Gasteiger partial charge in [-0.3, -0.25) is 9.36 Å². The van der Waals surface area contributed by atoms with Crippen LogP contribution < -0.4 is 5.69 Å². The van der Waals surface area contributed by atoms with Crippen LogP contribution in [0.15, 0.2) is 60.0 Å². The van der Waals surface area contributed by atoms with Crippen LogP contribution in [-0.4, -0.2) is 24.6 Å². The molecule has 22 heavy (non-hydrogen) atoms. The lowest BCUT2D eigenvalue weighted by Gasteiger charge is -2.03. The zero-order valence-corrected chi connectivity index (χ0v) is 12.3. The number of rotatable bonds is 4. The Labute approximate surface area is 131 Å². The summed E-state index contributed by atoms with van der Waals surface area (Å²) < 4.78 is 4.29. The molecule has 3 rings (SSSR count). The molecule has 0 aliphatic carbocycles. The molecule has 3 aromatic heterocycles. The molecule has 0 aliphatic rings. The zero-order valence-electron chi connectivity index (χ0n) is 11.6. The molecular weight excluding hydrogens is 304 g/mol. The summed E-state index contributed by atoms with van der Waals surface area (Å²) in [5.74, 6) is -0.283. The fourth-order valence-electron chi connectivity index (χ4n) is 2.13. The number of hydrogen-bond donors (Lipinski definition) is 0. The van der Waals surface area contributed by atoms with E-state index in [1.54, 1.807) is 41.5 Å². The highest BCUT2D eigenvalue weighted by molar-refractivity contribution is 6.29. The van der Waals surface area contributed by atoms with E-state index in [0.717, 1.165) is 10.1 Å². The van der Waals surface area contributed by atoms with E-state index in [4.69, 9.17) is 11.6 Å². The van der Waals surface area contributed by atoms with Gasteiger partial charge in [-0.25, -0.2) is 14.3 Å². The first kappa shape index (κ1) is 14.3. The van der Waals surface area contributed by atoms with Crippen LogP contribution in [0.1, 0.15) is 10.4 Å². The third-order valence-corrected chi connectivity index (χ3v) is 3.47. The van der Waals surface area contributed by atoms with Gasteiger partial charge >= 0.3 is 5.69 Å². The third-order valence-electron chi connectivity index (χ3n) is 3.24. The van der Waals surface area contributed by atoms with Gasteiger partial charge in [-0.1, -0.05) is 17.7 Å². The van der Waals surface area contributed by atoms with Gasteiger partial charge in [0.25, 0.3) is 5.91 Å². The Balaban J connectivity index is 1.78. The summed E-state index contributed by atoms with van der Waals surface area (Å²) in [7, 11) is 0. The second-order valence-electron chi connectivity index (χ2n) is 4.82. The molecule has 0 aliphatic heterocycles. The van der Waals surface area contributed by atoms with Crippen LogP contribution >= 0.6 is 11.6 Å². The molecular formula is C15H13ClN4O2. The van der Waals surface area contributed by atoms with Gasteiger partial charge in [0.2, 0.25) is 0 Å². The van der Waals surface area contributed by atoms with Gasteiger partial charge in [0.1, 0.15) is 11.7 Å². The van der Waals surface area contributed by atoms with Gasteiger partial charge in [0, 0.05) is 31.0 Å². The van der Waals surface area contributed by atoms with Crippen molar-refractivity contribution in [2.24, 2.45) is 0 Å². The highest BCUT2D eigenvalue weighted by atomic mass is 35.5. The lowest BCUT2D eigenvalue weighted by Crippen LogP contribution is -2.30. The van der Waals surface area contributed by atoms with Crippen LogP contribution in [0, 0.1) is 0 Å². The number of aromatic nitrogens is 4. The first-order valence-electron chi connectivity index (χ1n) is 6.65. The predicted molar refractivity (Wildman–Crippen MR) is 82.1 cm³/mol. The van der Waals surface area contributed by atoms with Crippen LogP contribution in [0.2, 0.25) is 5.15 Å². The van der Waals surface area contributed by atoms with E-state index in [2.05, 4.69) is 4.98 Å². The Bertz CT molecular complexity index is 831. The number of halogens is 1. The maximum atomic E-state index is 12.3. The van der Waals surface area contributed by atoms with Crippen LogP contribution in [0.5, 0.6) is 0 Å². The summed E-state index contributed by atoms with van der Waals surface area (Å²) in [5, 5.41) is 0.399. The van der Waals surface area contributed by atoms with Crippen LogP contribution in [0.3, 0.4) is 0 Å². The van der Waals surface area contributed by atoms with E-state index in [1.165, 1.54) is 10.8 Å². The number of imidazole rings is 1. The second-order valence-corrected chi connectivity index (χ2v) is 5.20. The van der Waals surface area contributed by atoms with Crippen molar-refractivity contribution in [2.45, 2.75) is 13.1 Å². The summed E-state index contributed by atoms with van der Waals surface area (Å²) in [6.07, 6.45) is 8.23. The molecule has 7 heteroatoms. The Kier molecular flexibility index (Phi) is 3.93. The number of hydrogen-bond acceptors (Lipinski definition) is 3. The van der Waals surface area contributed by atoms with E-state index in [0.29, 0.717) is 11.7 Å². The molecule has 0 bridgehead atoms. The minimum atomic E-state index is -0.368. The second kappa shape index (κ2) is 6.03. The molecule has 6 nitrogen and oxygen atoms in total. The highest BCUT2D eigenvalue weighted by Crippen LogP contribution is 2.06. The maximum absolute atomic E-state index is 12.3. The van der Waals surface area contributed by atoms with Gasteiger partial charge in [-0.2, -0.15) is 0 Å². The fourth-order valence-corrected chi connectivity index (χ4v) is 2.24. The monoisotopic (exact) mass is 316 g/mol. The molecule has 112 valence electrons. The largest absolute Gasteiger partial charge is 0.345 e. The molecule has 0 atom stereocenters. The Hall–Kier alpha value is -2.60. The van der Waals surface area contributed by atoms with Crippen LogP contribution in [0.4, 0.5) is 0 Å². The summed E-state index contributed by atoms with van der Waals surface area (Å²) in [6, 6.07) is 7.11. The zero-order chi connectivity index (χ0) is 15.5. The van der Waals surface area contributed by atoms with E-state index in [9.17, 15) is 9.59 Å². The minimum absolute atomic E-state index is 0.124. The first-order valence-corrected chi connectivity index (χ1v) is 7.03. The molecule has 0 amide bonds. The SMILES string of the molecule is O=C(Cn1cccc1)n1ccn(Cc2ccc(Cl)nc2)c1=O.